The second-order valence-corrected chi connectivity index (χ2v) is 6.03. The van der Waals surface area contributed by atoms with Crippen molar-refractivity contribution in [1.82, 2.24) is 4.31 Å². The molecular weight excluding hydrogens is 230 g/mol. The van der Waals surface area contributed by atoms with E-state index in [-0.39, 0.29) is 37.3 Å². The Labute approximate surface area is 97.3 Å². The Morgan fingerprint density at radius 3 is 2.50 bits per heavy atom. The van der Waals surface area contributed by atoms with Crippen LogP contribution in [0.1, 0.15) is 20.3 Å². The maximum atomic E-state index is 11.7. The quantitative estimate of drug-likeness (QED) is 0.469. The van der Waals surface area contributed by atoms with E-state index in [4.69, 9.17) is 15.9 Å². The summed E-state index contributed by atoms with van der Waals surface area (Å²) in [6.45, 7) is 4.13. The van der Waals surface area contributed by atoms with Crippen molar-refractivity contribution in [3.63, 3.8) is 0 Å². The number of sulfonamides is 1. The van der Waals surface area contributed by atoms with Gasteiger partial charge in [0.05, 0.1) is 24.3 Å². The average molecular weight is 251 g/mol. The zero-order valence-corrected chi connectivity index (χ0v) is 10.9. The molecule has 0 rings (SSSR count). The lowest BCUT2D eigenvalue weighted by Gasteiger charge is -2.17. The third-order valence-corrected chi connectivity index (χ3v) is 3.78. The fraction of sp³-hybridized carbons (Fsp3) is 0.889. The lowest BCUT2D eigenvalue weighted by atomic mass is 10.4. The summed E-state index contributed by atoms with van der Waals surface area (Å²) >= 11 is 0. The van der Waals surface area contributed by atoms with Gasteiger partial charge >= 0.3 is 0 Å². The van der Waals surface area contributed by atoms with Crippen LogP contribution < -0.4 is 5.73 Å². The molecule has 0 heterocycles. The first-order valence-corrected chi connectivity index (χ1v) is 6.75. The van der Waals surface area contributed by atoms with E-state index < -0.39 is 10.0 Å². The van der Waals surface area contributed by atoms with Crippen LogP contribution in [-0.2, 0) is 14.8 Å². The Kier molecular flexibility index (Phi) is 6.54. The van der Waals surface area contributed by atoms with Crippen molar-refractivity contribution in [2.45, 2.75) is 26.4 Å². The second kappa shape index (κ2) is 6.82. The molecular formula is C9H21N3O3S. The summed E-state index contributed by atoms with van der Waals surface area (Å²) in [5.41, 5.74) is 5.16. The molecule has 0 amide bonds. The fourth-order valence-electron chi connectivity index (χ4n) is 0.962. The molecule has 0 saturated carbocycles. The summed E-state index contributed by atoms with van der Waals surface area (Å²) < 4.78 is 29.7. The Morgan fingerprint density at radius 2 is 2.06 bits per heavy atom. The van der Waals surface area contributed by atoms with Crippen molar-refractivity contribution < 1.29 is 13.2 Å². The van der Waals surface area contributed by atoms with Gasteiger partial charge in [-0.3, -0.25) is 5.41 Å². The minimum atomic E-state index is -3.30. The molecule has 0 aliphatic rings. The summed E-state index contributed by atoms with van der Waals surface area (Å²) in [6, 6.07) is 0. The third-order valence-electron chi connectivity index (χ3n) is 1.96. The highest BCUT2D eigenvalue weighted by Gasteiger charge is 2.17. The van der Waals surface area contributed by atoms with Crippen LogP contribution in [0, 0.1) is 5.41 Å². The largest absolute Gasteiger partial charge is 0.388 e. The fourth-order valence-corrected chi connectivity index (χ4v) is 1.95. The molecule has 0 radical (unpaired) electrons. The van der Waals surface area contributed by atoms with Gasteiger partial charge in [-0.2, -0.15) is 0 Å². The number of rotatable bonds is 8. The number of hydrogen-bond acceptors (Lipinski definition) is 4. The van der Waals surface area contributed by atoms with Crippen LogP contribution in [0.3, 0.4) is 0 Å². The van der Waals surface area contributed by atoms with Gasteiger partial charge in [-0.25, -0.2) is 12.7 Å². The minimum Gasteiger partial charge on any atom is -0.388 e. The zero-order valence-electron chi connectivity index (χ0n) is 10.1. The predicted molar refractivity (Wildman–Crippen MR) is 64.0 cm³/mol. The topological polar surface area (TPSA) is 96.5 Å². The van der Waals surface area contributed by atoms with Crippen molar-refractivity contribution in [2.24, 2.45) is 5.73 Å². The Morgan fingerprint density at radius 1 is 1.50 bits per heavy atom. The van der Waals surface area contributed by atoms with Crippen LogP contribution in [0.4, 0.5) is 0 Å². The molecule has 0 fully saturated rings. The number of nitrogens with two attached hydrogens (primary N) is 1. The van der Waals surface area contributed by atoms with Gasteiger partial charge in [0.1, 0.15) is 0 Å². The zero-order chi connectivity index (χ0) is 12.8. The lowest BCUT2D eigenvalue weighted by molar-refractivity contribution is 0.0908. The van der Waals surface area contributed by atoms with Gasteiger partial charge in [0, 0.05) is 20.0 Å². The first kappa shape index (κ1) is 15.3. The monoisotopic (exact) mass is 251 g/mol. The van der Waals surface area contributed by atoms with Crippen LogP contribution in [-0.4, -0.2) is 50.6 Å². The normalized spacial score (nSPS) is 12.3. The van der Waals surface area contributed by atoms with Gasteiger partial charge in [0.2, 0.25) is 10.0 Å². The molecule has 0 aromatic heterocycles. The van der Waals surface area contributed by atoms with Crippen molar-refractivity contribution in [3.8, 4) is 0 Å². The summed E-state index contributed by atoms with van der Waals surface area (Å²) in [7, 11) is -1.82. The Hall–Kier alpha value is -0.660. The molecule has 0 aromatic carbocycles. The maximum Gasteiger partial charge on any atom is 0.216 e. The van der Waals surface area contributed by atoms with Gasteiger partial charge in [0.25, 0.3) is 0 Å². The number of nitrogens with zero attached hydrogens (tertiary/aromatic N) is 1. The summed E-state index contributed by atoms with van der Waals surface area (Å²) in [5, 5.41) is 7.02. The Balaban J connectivity index is 4.06. The number of nitrogens with one attached hydrogen (secondary N) is 1. The lowest BCUT2D eigenvalue weighted by Crippen LogP contribution is -2.33. The molecule has 16 heavy (non-hydrogen) atoms. The molecule has 0 aliphatic carbocycles. The molecule has 96 valence electrons. The van der Waals surface area contributed by atoms with E-state index in [1.165, 1.54) is 11.4 Å². The van der Waals surface area contributed by atoms with Gasteiger partial charge < -0.3 is 10.5 Å². The molecule has 0 unspecified atom stereocenters. The first-order chi connectivity index (χ1) is 7.25. The molecule has 6 nitrogen and oxygen atoms in total. The van der Waals surface area contributed by atoms with Crippen molar-refractivity contribution in [2.75, 3.05) is 26.0 Å². The molecule has 0 spiro atoms. The highest BCUT2D eigenvalue weighted by Crippen LogP contribution is 2.00. The molecule has 7 heteroatoms. The molecule has 0 aromatic rings. The standard InChI is InChI=1S/C9H21N3O3S/c1-8(2)15-6-7-16(13,14)12(3)5-4-9(10)11/h8H,4-7H2,1-3H3,(H3,10,11). The van der Waals surface area contributed by atoms with Crippen LogP contribution >= 0.6 is 0 Å². The van der Waals surface area contributed by atoms with Gasteiger partial charge in [-0.05, 0) is 13.8 Å². The summed E-state index contributed by atoms with van der Waals surface area (Å²) in [5.74, 6) is -0.0555. The van der Waals surface area contributed by atoms with Crippen LogP contribution in [0.15, 0.2) is 0 Å². The Bertz CT molecular complexity index is 314. The van der Waals surface area contributed by atoms with E-state index in [1.807, 2.05) is 13.8 Å². The highest BCUT2D eigenvalue weighted by molar-refractivity contribution is 7.89. The third kappa shape index (κ3) is 6.76. The van der Waals surface area contributed by atoms with Crippen molar-refractivity contribution in [1.29, 1.82) is 5.41 Å². The molecule has 0 bridgehead atoms. The molecule has 0 aliphatic heterocycles. The smallest absolute Gasteiger partial charge is 0.216 e. The molecule has 0 atom stereocenters. The second-order valence-electron chi connectivity index (χ2n) is 3.83. The number of ether oxygens (including phenoxy) is 1. The predicted octanol–water partition coefficient (Wildman–Crippen LogP) is -0.000930. The van der Waals surface area contributed by atoms with E-state index in [1.54, 1.807) is 0 Å². The van der Waals surface area contributed by atoms with E-state index >= 15 is 0 Å². The average Bonchev–Trinajstić information content (AvgIpc) is 2.12. The van der Waals surface area contributed by atoms with Gasteiger partial charge in [-0.1, -0.05) is 0 Å². The van der Waals surface area contributed by atoms with Gasteiger partial charge in [-0.15, -0.1) is 0 Å². The van der Waals surface area contributed by atoms with E-state index in [0.29, 0.717) is 0 Å². The van der Waals surface area contributed by atoms with Crippen molar-refractivity contribution in [3.05, 3.63) is 0 Å². The number of amidine groups is 1. The first-order valence-electron chi connectivity index (χ1n) is 5.14. The molecule has 0 saturated heterocycles. The van der Waals surface area contributed by atoms with Crippen LogP contribution in [0.25, 0.3) is 0 Å². The van der Waals surface area contributed by atoms with E-state index in [2.05, 4.69) is 0 Å². The minimum absolute atomic E-state index is 0.0134. The van der Waals surface area contributed by atoms with Gasteiger partial charge in [0.15, 0.2) is 0 Å². The van der Waals surface area contributed by atoms with E-state index in [0.717, 1.165) is 0 Å². The maximum absolute atomic E-state index is 11.7. The summed E-state index contributed by atoms with van der Waals surface area (Å²) in [6.07, 6.45) is 0.276. The number of hydrogen-bond donors (Lipinski definition) is 2. The van der Waals surface area contributed by atoms with E-state index in [9.17, 15) is 8.42 Å². The highest BCUT2D eigenvalue weighted by atomic mass is 32.2. The van der Waals surface area contributed by atoms with Crippen LogP contribution in [0.5, 0.6) is 0 Å². The summed E-state index contributed by atoms with van der Waals surface area (Å²) in [4.78, 5) is 0. The molecule has 3 N–H and O–H groups in total. The van der Waals surface area contributed by atoms with Crippen LogP contribution in [0.2, 0.25) is 0 Å². The SMILES string of the molecule is CC(C)OCCS(=O)(=O)N(C)CCC(=N)N. The van der Waals surface area contributed by atoms with Crippen molar-refractivity contribution >= 4 is 15.9 Å².